The van der Waals surface area contributed by atoms with Gasteiger partial charge in [0.25, 0.3) is 0 Å². The molecule has 0 unspecified atom stereocenters. The van der Waals surface area contributed by atoms with E-state index in [1.165, 1.54) is 0 Å². The molecule has 2 rings (SSSR count). The molecular formula is C10H9NOS. The Morgan fingerprint density at radius 1 is 1.23 bits per heavy atom. The topological polar surface area (TPSA) is 22.1 Å². The van der Waals surface area contributed by atoms with Gasteiger partial charge >= 0.3 is 0 Å². The van der Waals surface area contributed by atoms with E-state index < -0.39 is 0 Å². The highest BCUT2D eigenvalue weighted by Crippen LogP contribution is 2.29. The van der Waals surface area contributed by atoms with E-state index >= 15 is 0 Å². The summed E-state index contributed by atoms with van der Waals surface area (Å²) in [7, 11) is 1.66. The molecule has 1 aromatic carbocycles. The quantitative estimate of drug-likeness (QED) is 0.728. The van der Waals surface area contributed by atoms with Crippen LogP contribution in [0.25, 0.3) is 10.6 Å². The van der Waals surface area contributed by atoms with Crippen LogP contribution in [0.5, 0.6) is 5.06 Å². The first kappa shape index (κ1) is 8.26. The zero-order chi connectivity index (χ0) is 9.10. The summed E-state index contributed by atoms with van der Waals surface area (Å²) < 4.78 is 5.07. The molecule has 0 aliphatic rings. The van der Waals surface area contributed by atoms with Gasteiger partial charge in [-0.25, -0.2) is 4.98 Å². The highest BCUT2D eigenvalue weighted by Gasteiger charge is 2.02. The fourth-order valence-electron chi connectivity index (χ4n) is 1.07. The maximum Gasteiger partial charge on any atom is 0.194 e. The van der Waals surface area contributed by atoms with Crippen molar-refractivity contribution >= 4 is 11.3 Å². The Labute approximate surface area is 80.8 Å². The van der Waals surface area contributed by atoms with Gasteiger partial charge in [-0.1, -0.05) is 41.7 Å². The number of hydrogen-bond acceptors (Lipinski definition) is 3. The third-order valence-electron chi connectivity index (χ3n) is 1.71. The van der Waals surface area contributed by atoms with Crippen molar-refractivity contribution in [2.24, 2.45) is 0 Å². The molecule has 0 radical (unpaired) electrons. The van der Waals surface area contributed by atoms with Crippen LogP contribution in [0.2, 0.25) is 0 Å². The molecule has 0 aliphatic heterocycles. The molecule has 1 heterocycles. The predicted molar refractivity (Wildman–Crippen MR) is 54.1 cm³/mol. The number of hydrogen-bond donors (Lipinski definition) is 0. The number of ether oxygens (including phenoxy) is 1. The first-order chi connectivity index (χ1) is 6.40. The normalized spacial score (nSPS) is 9.92. The smallest absolute Gasteiger partial charge is 0.194 e. The number of benzene rings is 1. The molecule has 0 aliphatic carbocycles. The number of methoxy groups -OCH3 is 1. The molecule has 0 saturated heterocycles. The van der Waals surface area contributed by atoms with E-state index in [2.05, 4.69) is 4.98 Å². The molecule has 0 N–H and O–H groups in total. The van der Waals surface area contributed by atoms with Crippen LogP contribution in [0.4, 0.5) is 0 Å². The van der Waals surface area contributed by atoms with Gasteiger partial charge in [0.1, 0.15) is 5.01 Å². The highest BCUT2D eigenvalue weighted by atomic mass is 32.1. The molecule has 2 nitrogen and oxygen atoms in total. The molecule has 0 spiro atoms. The van der Waals surface area contributed by atoms with E-state index in [0.29, 0.717) is 0 Å². The van der Waals surface area contributed by atoms with Gasteiger partial charge in [0.05, 0.1) is 13.3 Å². The lowest BCUT2D eigenvalue weighted by atomic mass is 10.2. The SMILES string of the molecule is COc1cnc(-c2ccccc2)s1. The zero-order valence-electron chi connectivity index (χ0n) is 7.23. The number of thiazole rings is 1. The second kappa shape index (κ2) is 3.58. The van der Waals surface area contributed by atoms with Crippen LogP contribution in [0.1, 0.15) is 0 Å². The molecular weight excluding hydrogens is 182 g/mol. The Balaban J connectivity index is 2.36. The summed E-state index contributed by atoms with van der Waals surface area (Å²) in [5.74, 6) is 0. The van der Waals surface area contributed by atoms with Crippen molar-refractivity contribution in [1.29, 1.82) is 0 Å². The molecule has 0 saturated carbocycles. The van der Waals surface area contributed by atoms with E-state index in [1.807, 2.05) is 30.3 Å². The average molecular weight is 191 g/mol. The maximum absolute atomic E-state index is 5.07. The van der Waals surface area contributed by atoms with Gasteiger partial charge in [-0.2, -0.15) is 0 Å². The summed E-state index contributed by atoms with van der Waals surface area (Å²) in [6.07, 6.45) is 1.74. The van der Waals surface area contributed by atoms with Crippen LogP contribution in [0.3, 0.4) is 0 Å². The number of rotatable bonds is 2. The lowest BCUT2D eigenvalue weighted by Crippen LogP contribution is -1.73. The van der Waals surface area contributed by atoms with E-state index in [0.717, 1.165) is 15.6 Å². The van der Waals surface area contributed by atoms with Crippen LogP contribution in [-0.4, -0.2) is 12.1 Å². The van der Waals surface area contributed by atoms with Gasteiger partial charge < -0.3 is 4.74 Å². The fraction of sp³-hybridized carbons (Fsp3) is 0.100. The Kier molecular flexibility index (Phi) is 2.27. The molecule has 1 aromatic heterocycles. The molecule has 0 fully saturated rings. The van der Waals surface area contributed by atoms with Crippen molar-refractivity contribution in [3.63, 3.8) is 0 Å². The zero-order valence-corrected chi connectivity index (χ0v) is 8.04. The van der Waals surface area contributed by atoms with Gasteiger partial charge in [-0.15, -0.1) is 0 Å². The monoisotopic (exact) mass is 191 g/mol. The largest absolute Gasteiger partial charge is 0.486 e. The van der Waals surface area contributed by atoms with Crippen molar-refractivity contribution in [2.45, 2.75) is 0 Å². The van der Waals surface area contributed by atoms with Crippen molar-refractivity contribution in [3.05, 3.63) is 36.5 Å². The van der Waals surface area contributed by atoms with Crippen LogP contribution in [0, 0.1) is 0 Å². The second-order valence-corrected chi connectivity index (χ2v) is 3.55. The van der Waals surface area contributed by atoms with Crippen LogP contribution < -0.4 is 4.74 Å². The molecule has 2 aromatic rings. The van der Waals surface area contributed by atoms with E-state index in [9.17, 15) is 0 Å². The van der Waals surface area contributed by atoms with Crippen molar-refractivity contribution < 1.29 is 4.74 Å². The summed E-state index contributed by atoms with van der Waals surface area (Å²) >= 11 is 1.55. The maximum atomic E-state index is 5.07. The second-order valence-electron chi connectivity index (χ2n) is 2.55. The summed E-state index contributed by atoms with van der Waals surface area (Å²) in [5.41, 5.74) is 1.14. The van der Waals surface area contributed by atoms with Crippen LogP contribution in [0.15, 0.2) is 36.5 Å². The molecule has 0 atom stereocenters. The first-order valence-electron chi connectivity index (χ1n) is 3.95. The summed E-state index contributed by atoms with van der Waals surface area (Å²) in [5, 5.41) is 1.84. The minimum absolute atomic E-state index is 0.846. The third kappa shape index (κ3) is 1.70. The summed E-state index contributed by atoms with van der Waals surface area (Å²) in [6, 6.07) is 10.1. The van der Waals surface area contributed by atoms with Gasteiger partial charge in [0, 0.05) is 5.56 Å². The lowest BCUT2D eigenvalue weighted by Gasteiger charge is -1.92. The number of nitrogens with zero attached hydrogens (tertiary/aromatic N) is 1. The molecule has 3 heteroatoms. The van der Waals surface area contributed by atoms with Crippen molar-refractivity contribution in [3.8, 4) is 15.6 Å². The summed E-state index contributed by atoms with van der Waals surface area (Å²) in [6.45, 7) is 0. The van der Waals surface area contributed by atoms with Gasteiger partial charge in [0.15, 0.2) is 5.06 Å². The molecule has 0 amide bonds. The number of aromatic nitrogens is 1. The van der Waals surface area contributed by atoms with E-state index in [-0.39, 0.29) is 0 Å². The Morgan fingerprint density at radius 2 is 2.00 bits per heavy atom. The Bertz CT molecular complexity index is 383. The Hall–Kier alpha value is -1.35. The van der Waals surface area contributed by atoms with Crippen LogP contribution in [-0.2, 0) is 0 Å². The van der Waals surface area contributed by atoms with Crippen molar-refractivity contribution in [2.75, 3.05) is 7.11 Å². The molecule has 13 heavy (non-hydrogen) atoms. The van der Waals surface area contributed by atoms with Crippen LogP contribution >= 0.6 is 11.3 Å². The first-order valence-corrected chi connectivity index (χ1v) is 4.77. The lowest BCUT2D eigenvalue weighted by molar-refractivity contribution is 0.426. The van der Waals surface area contributed by atoms with Gasteiger partial charge in [-0.05, 0) is 0 Å². The van der Waals surface area contributed by atoms with Gasteiger partial charge in [0.2, 0.25) is 0 Å². The van der Waals surface area contributed by atoms with E-state index in [4.69, 9.17) is 4.74 Å². The summed E-state index contributed by atoms with van der Waals surface area (Å²) in [4.78, 5) is 4.25. The van der Waals surface area contributed by atoms with Gasteiger partial charge in [-0.3, -0.25) is 0 Å². The average Bonchev–Trinajstić information content (AvgIpc) is 2.67. The fourth-order valence-corrected chi connectivity index (χ4v) is 1.81. The molecule has 66 valence electrons. The minimum Gasteiger partial charge on any atom is -0.486 e. The van der Waals surface area contributed by atoms with Crippen molar-refractivity contribution in [1.82, 2.24) is 4.98 Å². The highest BCUT2D eigenvalue weighted by molar-refractivity contribution is 7.16. The third-order valence-corrected chi connectivity index (χ3v) is 2.71. The predicted octanol–water partition coefficient (Wildman–Crippen LogP) is 2.82. The Morgan fingerprint density at radius 3 is 2.62 bits per heavy atom. The standard InChI is InChI=1S/C10H9NOS/c1-12-9-7-11-10(13-9)8-5-3-2-4-6-8/h2-7H,1H3. The van der Waals surface area contributed by atoms with E-state index in [1.54, 1.807) is 24.6 Å². The molecule has 0 bridgehead atoms. The minimum atomic E-state index is 0.846.